The second-order valence-electron chi connectivity index (χ2n) is 5.79. The van der Waals surface area contributed by atoms with Crippen molar-refractivity contribution in [3.63, 3.8) is 0 Å². The minimum Gasteiger partial charge on any atom is -0.493 e. The molecule has 3 aromatic rings. The van der Waals surface area contributed by atoms with Gasteiger partial charge in [-0.1, -0.05) is 60.7 Å². The van der Waals surface area contributed by atoms with Crippen molar-refractivity contribution in [1.29, 1.82) is 0 Å². The smallest absolute Gasteiger partial charge is 0.161 e. The number of benzene rings is 3. The Balaban J connectivity index is 1.63. The van der Waals surface area contributed by atoms with Gasteiger partial charge in [0.1, 0.15) is 24.0 Å². The van der Waals surface area contributed by atoms with Crippen molar-refractivity contribution in [3.05, 3.63) is 78.4 Å². The number of rotatable bonds is 8. The summed E-state index contributed by atoms with van der Waals surface area (Å²) in [5.41, 5.74) is 8.56. The minimum atomic E-state index is 0.320. The number of methoxy groups -OCH3 is 1. The molecule has 0 amide bonds. The average Bonchev–Trinajstić information content (AvgIpc) is 2.72. The van der Waals surface area contributed by atoms with Crippen LogP contribution in [-0.2, 0) is 0 Å². The molecule has 0 fully saturated rings. The van der Waals surface area contributed by atoms with Crippen molar-refractivity contribution in [3.8, 4) is 28.4 Å². The summed E-state index contributed by atoms with van der Waals surface area (Å²) < 4.78 is 17.1. The van der Waals surface area contributed by atoms with Crippen LogP contribution in [0.3, 0.4) is 0 Å². The lowest BCUT2D eigenvalue weighted by Crippen LogP contribution is -2.12. The predicted octanol–water partition coefficient (Wildman–Crippen LogP) is 4.45. The molecule has 0 heterocycles. The first-order chi connectivity index (χ1) is 13.2. The maximum Gasteiger partial charge on any atom is 0.161 e. The zero-order valence-corrected chi connectivity index (χ0v) is 15.9. The fourth-order valence-corrected chi connectivity index (χ4v) is 2.82. The van der Waals surface area contributed by atoms with E-state index in [9.17, 15) is 0 Å². The Hall–Kier alpha value is -3.05. The molecule has 2 N–H and O–H groups in total. The van der Waals surface area contributed by atoms with Gasteiger partial charge in [0.15, 0.2) is 11.5 Å². The van der Waals surface area contributed by atoms with E-state index < -0.39 is 0 Å². The van der Waals surface area contributed by atoms with Crippen LogP contribution in [0.25, 0.3) is 11.1 Å². The molecule has 3 rings (SSSR count). The second-order valence-corrected chi connectivity index (χ2v) is 6.23. The number of nitrogens with two attached hydrogens (primary N) is 1. The molecule has 0 spiro atoms. The van der Waals surface area contributed by atoms with E-state index in [4.69, 9.17) is 32.2 Å². The van der Waals surface area contributed by atoms with E-state index in [2.05, 4.69) is 12.1 Å². The maximum absolute atomic E-state index is 5.94. The number of ether oxygens (including phenoxy) is 3. The van der Waals surface area contributed by atoms with Gasteiger partial charge in [-0.05, 0) is 29.8 Å². The summed E-state index contributed by atoms with van der Waals surface area (Å²) in [4.78, 5) is 0.320. The van der Waals surface area contributed by atoms with Gasteiger partial charge in [0.25, 0.3) is 0 Å². The first-order valence-electron chi connectivity index (χ1n) is 8.57. The van der Waals surface area contributed by atoms with Gasteiger partial charge in [0, 0.05) is 11.1 Å². The standard InChI is InChI=1S/C22H21NO3S/c1-24-21-15-17(22(23)27)11-12-20(21)26-14-13-25-19-10-6-5-9-18(19)16-7-3-2-4-8-16/h2-12,15H,13-14H2,1H3,(H2,23,27). The van der Waals surface area contributed by atoms with Gasteiger partial charge in [-0.25, -0.2) is 0 Å². The number of hydrogen-bond donors (Lipinski definition) is 1. The largest absolute Gasteiger partial charge is 0.493 e. The molecular formula is C22H21NO3S. The first kappa shape index (κ1) is 18.7. The summed E-state index contributed by atoms with van der Waals surface area (Å²) >= 11 is 4.99. The van der Waals surface area contributed by atoms with Crippen molar-refractivity contribution in [1.82, 2.24) is 0 Å². The average molecular weight is 379 g/mol. The van der Waals surface area contributed by atoms with E-state index in [1.807, 2.05) is 48.5 Å². The lowest BCUT2D eigenvalue weighted by atomic mass is 10.1. The van der Waals surface area contributed by atoms with Crippen molar-refractivity contribution in [2.45, 2.75) is 0 Å². The molecule has 4 nitrogen and oxygen atoms in total. The quantitative estimate of drug-likeness (QED) is 0.463. The maximum atomic E-state index is 5.94. The third-order valence-electron chi connectivity index (χ3n) is 4.02. The molecule has 0 radical (unpaired) electrons. The van der Waals surface area contributed by atoms with Gasteiger partial charge in [-0.2, -0.15) is 0 Å². The second kappa shape index (κ2) is 9.05. The lowest BCUT2D eigenvalue weighted by molar-refractivity contribution is 0.212. The molecule has 0 aliphatic carbocycles. The number of thiocarbonyl (C=S) groups is 1. The Morgan fingerprint density at radius 3 is 2.19 bits per heavy atom. The Labute approximate surface area is 164 Å². The van der Waals surface area contributed by atoms with E-state index in [1.54, 1.807) is 19.2 Å². The van der Waals surface area contributed by atoms with Gasteiger partial charge in [0.05, 0.1) is 7.11 Å². The summed E-state index contributed by atoms with van der Waals surface area (Å²) in [6.07, 6.45) is 0. The molecule has 0 aromatic heterocycles. The van der Waals surface area contributed by atoms with Crippen LogP contribution in [-0.4, -0.2) is 25.3 Å². The van der Waals surface area contributed by atoms with E-state index in [0.29, 0.717) is 29.7 Å². The molecule has 0 bridgehead atoms. The van der Waals surface area contributed by atoms with Crippen LogP contribution in [0.5, 0.6) is 17.2 Å². The minimum absolute atomic E-state index is 0.320. The summed E-state index contributed by atoms with van der Waals surface area (Å²) in [5, 5.41) is 0. The zero-order chi connectivity index (χ0) is 19.1. The molecule has 0 aliphatic heterocycles. The highest BCUT2D eigenvalue weighted by Gasteiger charge is 2.08. The fraction of sp³-hybridized carbons (Fsp3) is 0.136. The molecule has 0 unspecified atom stereocenters. The van der Waals surface area contributed by atoms with Crippen LogP contribution >= 0.6 is 12.2 Å². The zero-order valence-electron chi connectivity index (χ0n) is 15.1. The summed E-state index contributed by atoms with van der Waals surface area (Å²) in [7, 11) is 1.58. The SMILES string of the molecule is COc1cc(C(N)=S)ccc1OCCOc1ccccc1-c1ccccc1. The first-order valence-corrected chi connectivity index (χ1v) is 8.98. The molecule has 0 saturated carbocycles. The third kappa shape index (κ3) is 4.77. The molecule has 27 heavy (non-hydrogen) atoms. The van der Waals surface area contributed by atoms with Crippen molar-refractivity contribution >= 4 is 17.2 Å². The number of hydrogen-bond acceptors (Lipinski definition) is 4. The van der Waals surface area contributed by atoms with E-state index >= 15 is 0 Å². The summed E-state index contributed by atoms with van der Waals surface area (Å²) in [5.74, 6) is 2.03. The van der Waals surface area contributed by atoms with Crippen LogP contribution in [0.4, 0.5) is 0 Å². The van der Waals surface area contributed by atoms with Gasteiger partial charge in [0.2, 0.25) is 0 Å². The van der Waals surface area contributed by atoms with Gasteiger partial charge in [-0.3, -0.25) is 0 Å². The fourth-order valence-electron chi connectivity index (χ4n) is 2.69. The lowest BCUT2D eigenvalue weighted by Gasteiger charge is -2.14. The normalized spacial score (nSPS) is 10.3. The van der Waals surface area contributed by atoms with Crippen molar-refractivity contribution in [2.75, 3.05) is 20.3 Å². The predicted molar refractivity (Wildman–Crippen MR) is 112 cm³/mol. The Bertz CT molecular complexity index is 912. The van der Waals surface area contributed by atoms with Gasteiger partial charge < -0.3 is 19.9 Å². The van der Waals surface area contributed by atoms with Crippen LogP contribution in [0.1, 0.15) is 5.56 Å². The molecule has 0 saturated heterocycles. The number of para-hydroxylation sites is 1. The molecule has 5 heteroatoms. The van der Waals surface area contributed by atoms with Gasteiger partial charge >= 0.3 is 0 Å². The molecule has 3 aromatic carbocycles. The third-order valence-corrected chi connectivity index (χ3v) is 4.25. The Morgan fingerprint density at radius 1 is 0.815 bits per heavy atom. The van der Waals surface area contributed by atoms with Gasteiger partial charge in [-0.15, -0.1) is 0 Å². The monoisotopic (exact) mass is 379 g/mol. The molecule has 138 valence electrons. The molecule has 0 aliphatic rings. The molecular weight excluding hydrogens is 358 g/mol. The van der Waals surface area contributed by atoms with E-state index in [1.165, 1.54) is 0 Å². The Morgan fingerprint density at radius 2 is 1.48 bits per heavy atom. The highest BCUT2D eigenvalue weighted by molar-refractivity contribution is 7.80. The van der Waals surface area contributed by atoms with E-state index in [0.717, 1.165) is 22.4 Å². The highest BCUT2D eigenvalue weighted by Crippen LogP contribution is 2.30. The van der Waals surface area contributed by atoms with Crippen molar-refractivity contribution < 1.29 is 14.2 Å². The van der Waals surface area contributed by atoms with Crippen LogP contribution in [0.2, 0.25) is 0 Å². The Kier molecular flexibility index (Phi) is 6.28. The summed E-state index contributed by atoms with van der Waals surface area (Å²) in [6, 6.07) is 23.5. The van der Waals surface area contributed by atoms with Crippen LogP contribution in [0.15, 0.2) is 72.8 Å². The van der Waals surface area contributed by atoms with Crippen LogP contribution in [0, 0.1) is 0 Å². The molecule has 0 atom stereocenters. The van der Waals surface area contributed by atoms with Crippen LogP contribution < -0.4 is 19.9 Å². The van der Waals surface area contributed by atoms with Crippen molar-refractivity contribution in [2.24, 2.45) is 5.73 Å². The van der Waals surface area contributed by atoms with E-state index in [-0.39, 0.29) is 0 Å². The topological polar surface area (TPSA) is 53.7 Å². The summed E-state index contributed by atoms with van der Waals surface area (Å²) in [6.45, 7) is 0.788. The highest BCUT2D eigenvalue weighted by atomic mass is 32.1.